The summed E-state index contributed by atoms with van der Waals surface area (Å²) in [4.78, 5) is 8.69. The third-order valence-corrected chi connectivity index (χ3v) is 2.35. The number of rotatable bonds is 2. The van der Waals surface area contributed by atoms with Gasteiger partial charge in [0.05, 0.1) is 6.20 Å². The van der Waals surface area contributed by atoms with Crippen molar-refractivity contribution >= 4 is 11.6 Å². The van der Waals surface area contributed by atoms with Crippen LogP contribution in [-0.4, -0.2) is 26.6 Å². The fraction of sp³-hybridized carbons (Fsp3) is 0.583. The third-order valence-electron chi connectivity index (χ3n) is 2.35. The Kier molecular flexibility index (Phi) is 4.43. The number of aryl methyl sites for hydroxylation is 1. The molecule has 0 saturated heterocycles. The molecule has 0 aliphatic heterocycles. The summed E-state index contributed by atoms with van der Waals surface area (Å²) in [5.74, 6) is 1.90. The molecule has 17 heavy (non-hydrogen) atoms. The van der Waals surface area contributed by atoms with Crippen LogP contribution in [0.4, 0.5) is 5.95 Å². The second-order valence-electron chi connectivity index (χ2n) is 3.83. The van der Waals surface area contributed by atoms with Gasteiger partial charge < -0.3 is 5.32 Å². The van der Waals surface area contributed by atoms with Crippen LogP contribution in [0.25, 0.3) is 5.65 Å². The lowest BCUT2D eigenvalue weighted by molar-refractivity contribution is 0.860. The highest BCUT2D eigenvalue weighted by atomic mass is 15.3. The van der Waals surface area contributed by atoms with Crippen LogP contribution < -0.4 is 5.32 Å². The molecule has 0 fully saturated rings. The van der Waals surface area contributed by atoms with Crippen LogP contribution in [0.2, 0.25) is 0 Å². The van der Waals surface area contributed by atoms with Gasteiger partial charge in [0, 0.05) is 12.6 Å². The van der Waals surface area contributed by atoms with Crippen molar-refractivity contribution in [1.29, 1.82) is 0 Å². The average Bonchev–Trinajstić information content (AvgIpc) is 2.74. The quantitative estimate of drug-likeness (QED) is 0.869. The molecule has 2 rings (SSSR count). The van der Waals surface area contributed by atoms with Crippen LogP contribution in [0, 0.1) is 6.92 Å². The van der Waals surface area contributed by atoms with Gasteiger partial charge >= 0.3 is 0 Å². The molecule has 0 amide bonds. The van der Waals surface area contributed by atoms with Crippen molar-refractivity contribution in [3.63, 3.8) is 0 Å². The molecule has 0 bridgehead atoms. The van der Waals surface area contributed by atoms with Gasteiger partial charge in [-0.25, -0.2) is 4.98 Å². The van der Waals surface area contributed by atoms with E-state index in [2.05, 4.69) is 34.2 Å². The molecule has 94 valence electrons. The minimum absolute atomic E-state index is 0.418. The number of aromatic nitrogens is 4. The molecular formula is C12H21N5. The van der Waals surface area contributed by atoms with Gasteiger partial charge in [-0.3, -0.25) is 0 Å². The first-order valence-electron chi connectivity index (χ1n) is 6.03. The van der Waals surface area contributed by atoms with E-state index in [0.717, 1.165) is 23.0 Å². The minimum Gasteiger partial charge on any atom is -0.357 e. The number of hydrogen-bond donors (Lipinski definition) is 1. The standard InChI is InChI=1S/C10H15N5.C2H6/c1-6(2)8-5-12-15-9(8)13-7(3)14-10(15)11-4;1-2/h5-6H,1-4H3,(H,11,13,14);1-2H3. The van der Waals surface area contributed by atoms with Crippen LogP contribution in [0.3, 0.4) is 0 Å². The van der Waals surface area contributed by atoms with Crippen molar-refractivity contribution in [3.05, 3.63) is 17.6 Å². The highest BCUT2D eigenvalue weighted by Gasteiger charge is 2.12. The van der Waals surface area contributed by atoms with Gasteiger partial charge in [-0.05, 0) is 12.8 Å². The summed E-state index contributed by atoms with van der Waals surface area (Å²) in [6.07, 6.45) is 1.86. The molecule has 5 heteroatoms. The van der Waals surface area contributed by atoms with Crippen molar-refractivity contribution < 1.29 is 0 Å². The Morgan fingerprint density at radius 3 is 2.41 bits per heavy atom. The van der Waals surface area contributed by atoms with Gasteiger partial charge in [0.2, 0.25) is 5.95 Å². The number of nitrogens with one attached hydrogen (secondary N) is 1. The molecule has 0 atom stereocenters. The van der Waals surface area contributed by atoms with Crippen LogP contribution in [0.15, 0.2) is 6.20 Å². The summed E-state index contributed by atoms with van der Waals surface area (Å²) >= 11 is 0. The zero-order valence-electron chi connectivity index (χ0n) is 11.4. The molecule has 0 spiro atoms. The molecule has 2 aromatic rings. The van der Waals surface area contributed by atoms with E-state index in [4.69, 9.17) is 0 Å². The summed E-state index contributed by atoms with van der Waals surface area (Å²) in [5.41, 5.74) is 2.04. The van der Waals surface area contributed by atoms with Crippen LogP contribution in [0.5, 0.6) is 0 Å². The summed E-state index contributed by atoms with van der Waals surface area (Å²) < 4.78 is 1.74. The van der Waals surface area contributed by atoms with Gasteiger partial charge in [0.15, 0.2) is 5.65 Å². The van der Waals surface area contributed by atoms with Gasteiger partial charge in [-0.15, -0.1) is 0 Å². The lowest BCUT2D eigenvalue weighted by Gasteiger charge is -2.05. The van der Waals surface area contributed by atoms with Crippen LogP contribution >= 0.6 is 0 Å². The summed E-state index contributed by atoms with van der Waals surface area (Å²) in [6.45, 7) is 10.2. The largest absolute Gasteiger partial charge is 0.357 e. The maximum Gasteiger partial charge on any atom is 0.227 e. The van der Waals surface area contributed by atoms with Gasteiger partial charge in [0.25, 0.3) is 0 Å². The van der Waals surface area contributed by atoms with Gasteiger partial charge in [-0.2, -0.15) is 14.6 Å². The first-order chi connectivity index (χ1) is 8.13. The Bertz CT molecular complexity index is 487. The molecule has 0 radical (unpaired) electrons. The maximum absolute atomic E-state index is 4.41. The first-order valence-corrected chi connectivity index (χ1v) is 6.03. The SMILES string of the molecule is CC.CNc1nc(C)nc2c(C(C)C)cnn12. The second-order valence-corrected chi connectivity index (χ2v) is 3.83. The van der Waals surface area contributed by atoms with E-state index in [-0.39, 0.29) is 0 Å². The van der Waals surface area contributed by atoms with Crippen molar-refractivity contribution in [2.45, 2.75) is 40.5 Å². The number of anilines is 1. The average molecular weight is 235 g/mol. The normalized spacial score (nSPS) is 10.3. The Labute approximate surface area is 102 Å². The first kappa shape index (κ1) is 13.4. The van der Waals surface area contributed by atoms with E-state index in [1.54, 1.807) is 4.52 Å². The van der Waals surface area contributed by atoms with Crippen molar-refractivity contribution in [2.75, 3.05) is 12.4 Å². The predicted octanol–water partition coefficient (Wildman–Crippen LogP) is 2.62. The molecule has 2 aromatic heterocycles. The third kappa shape index (κ3) is 2.54. The van der Waals surface area contributed by atoms with E-state index in [0.29, 0.717) is 5.92 Å². The van der Waals surface area contributed by atoms with E-state index in [9.17, 15) is 0 Å². The summed E-state index contributed by atoms with van der Waals surface area (Å²) in [7, 11) is 1.83. The molecule has 0 saturated carbocycles. The molecular weight excluding hydrogens is 214 g/mol. The van der Waals surface area contributed by atoms with E-state index in [1.807, 2.05) is 34.0 Å². The number of hydrogen-bond acceptors (Lipinski definition) is 4. The van der Waals surface area contributed by atoms with Crippen molar-refractivity contribution in [2.24, 2.45) is 0 Å². The van der Waals surface area contributed by atoms with E-state index >= 15 is 0 Å². The van der Waals surface area contributed by atoms with Crippen LogP contribution in [0.1, 0.15) is 45.0 Å². The zero-order valence-corrected chi connectivity index (χ0v) is 11.4. The topological polar surface area (TPSA) is 55.1 Å². The summed E-state index contributed by atoms with van der Waals surface area (Å²) in [6, 6.07) is 0. The van der Waals surface area contributed by atoms with E-state index < -0.39 is 0 Å². The summed E-state index contributed by atoms with van der Waals surface area (Å²) in [5, 5.41) is 7.29. The smallest absolute Gasteiger partial charge is 0.227 e. The lowest BCUT2D eigenvalue weighted by atomic mass is 10.1. The van der Waals surface area contributed by atoms with Crippen molar-refractivity contribution in [3.8, 4) is 0 Å². The zero-order chi connectivity index (χ0) is 13.0. The van der Waals surface area contributed by atoms with Gasteiger partial charge in [0.1, 0.15) is 5.82 Å². The fourth-order valence-corrected chi connectivity index (χ4v) is 1.57. The molecule has 5 nitrogen and oxygen atoms in total. The maximum atomic E-state index is 4.41. The highest BCUT2D eigenvalue weighted by Crippen LogP contribution is 2.20. The Morgan fingerprint density at radius 1 is 1.24 bits per heavy atom. The minimum atomic E-state index is 0.418. The molecule has 0 aromatic carbocycles. The molecule has 0 unspecified atom stereocenters. The number of fused-ring (bicyclic) bond motifs is 1. The molecule has 1 N–H and O–H groups in total. The fourth-order valence-electron chi connectivity index (χ4n) is 1.57. The van der Waals surface area contributed by atoms with Gasteiger partial charge in [-0.1, -0.05) is 27.7 Å². The molecule has 0 aliphatic rings. The number of nitrogens with zero attached hydrogens (tertiary/aromatic N) is 4. The predicted molar refractivity (Wildman–Crippen MR) is 70.5 cm³/mol. The monoisotopic (exact) mass is 235 g/mol. The molecule has 0 aliphatic carbocycles. The second kappa shape index (κ2) is 5.61. The highest BCUT2D eigenvalue weighted by molar-refractivity contribution is 5.51. The van der Waals surface area contributed by atoms with Crippen molar-refractivity contribution in [1.82, 2.24) is 19.6 Å². The Hall–Kier alpha value is -1.65. The van der Waals surface area contributed by atoms with Crippen LogP contribution in [-0.2, 0) is 0 Å². The Balaban J connectivity index is 0.000000686. The lowest BCUT2D eigenvalue weighted by Crippen LogP contribution is -2.06. The molecule has 2 heterocycles. The van der Waals surface area contributed by atoms with E-state index in [1.165, 1.54) is 0 Å². The Morgan fingerprint density at radius 2 is 1.88 bits per heavy atom.